The first-order valence-electron chi connectivity index (χ1n) is 7.15. The molecule has 0 aromatic heterocycles. The van der Waals surface area contributed by atoms with E-state index in [9.17, 15) is 0 Å². The molecule has 0 amide bonds. The average molecular weight is 224 g/mol. The zero-order valence-corrected chi connectivity index (χ0v) is 11.0. The van der Waals surface area contributed by atoms with E-state index >= 15 is 0 Å². The Kier molecular flexibility index (Phi) is 3.91. The van der Waals surface area contributed by atoms with Gasteiger partial charge in [-0.3, -0.25) is 4.90 Å². The second-order valence-corrected chi connectivity index (χ2v) is 5.99. The predicted octanol–water partition coefficient (Wildman–Crippen LogP) is 2.77. The summed E-state index contributed by atoms with van der Waals surface area (Å²) in [7, 11) is 2.33. The molecule has 0 aliphatic heterocycles. The van der Waals surface area contributed by atoms with Crippen molar-refractivity contribution < 1.29 is 0 Å². The van der Waals surface area contributed by atoms with Crippen molar-refractivity contribution in [1.82, 2.24) is 4.90 Å². The SMILES string of the molecule is CCC1CCC(CN)(N(C)C2CCCC2)C1. The monoisotopic (exact) mass is 224 g/mol. The minimum atomic E-state index is 0.343. The minimum Gasteiger partial charge on any atom is -0.329 e. The van der Waals surface area contributed by atoms with Gasteiger partial charge < -0.3 is 5.73 Å². The van der Waals surface area contributed by atoms with Crippen molar-refractivity contribution in [2.45, 2.75) is 69.9 Å². The second kappa shape index (κ2) is 5.05. The fourth-order valence-corrected chi connectivity index (χ4v) is 3.89. The molecule has 0 radical (unpaired) electrons. The van der Waals surface area contributed by atoms with Gasteiger partial charge in [-0.25, -0.2) is 0 Å². The third-order valence-electron chi connectivity index (χ3n) is 5.26. The highest BCUT2D eigenvalue weighted by molar-refractivity contribution is 5.00. The van der Waals surface area contributed by atoms with E-state index in [2.05, 4.69) is 18.9 Å². The Labute approximate surface area is 101 Å². The van der Waals surface area contributed by atoms with E-state index in [1.54, 1.807) is 0 Å². The molecule has 2 aliphatic carbocycles. The molecule has 2 atom stereocenters. The molecule has 0 heterocycles. The van der Waals surface area contributed by atoms with Crippen LogP contribution in [-0.2, 0) is 0 Å². The van der Waals surface area contributed by atoms with E-state index in [1.165, 1.54) is 51.4 Å². The molecule has 0 bridgehead atoms. The number of nitrogens with zero attached hydrogens (tertiary/aromatic N) is 1. The van der Waals surface area contributed by atoms with Crippen LogP contribution in [-0.4, -0.2) is 30.1 Å². The Morgan fingerprint density at radius 1 is 1.25 bits per heavy atom. The van der Waals surface area contributed by atoms with Crippen LogP contribution in [0.5, 0.6) is 0 Å². The van der Waals surface area contributed by atoms with Gasteiger partial charge in [0.05, 0.1) is 0 Å². The number of likely N-dealkylation sites (N-methyl/N-ethyl adjacent to an activating group) is 1. The highest BCUT2D eigenvalue weighted by Crippen LogP contribution is 2.42. The van der Waals surface area contributed by atoms with Crippen molar-refractivity contribution >= 4 is 0 Å². The van der Waals surface area contributed by atoms with Gasteiger partial charge in [0.2, 0.25) is 0 Å². The molecular formula is C14H28N2. The van der Waals surface area contributed by atoms with Crippen molar-refractivity contribution in [2.75, 3.05) is 13.6 Å². The molecule has 0 spiro atoms. The smallest absolute Gasteiger partial charge is 0.0334 e. The van der Waals surface area contributed by atoms with Gasteiger partial charge >= 0.3 is 0 Å². The third-order valence-corrected chi connectivity index (χ3v) is 5.26. The molecule has 2 fully saturated rings. The van der Waals surface area contributed by atoms with Gasteiger partial charge in [0.25, 0.3) is 0 Å². The highest BCUT2D eigenvalue weighted by atomic mass is 15.2. The van der Waals surface area contributed by atoms with Crippen LogP contribution >= 0.6 is 0 Å². The maximum absolute atomic E-state index is 6.11. The van der Waals surface area contributed by atoms with E-state index in [0.717, 1.165) is 18.5 Å². The summed E-state index contributed by atoms with van der Waals surface area (Å²) in [5.74, 6) is 0.924. The van der Waals surface area contributed by atoms with Crippen LogP contribution in [0.2, 0.25) is 0 Å². The van der Waals surface area contributed by atoms with Crippen LogP contribution in [0.3, 0.4) is 0 Å². The van der Waals surface area contributed by atoms with Crippen molar-refractivity contribution in [3.8, 4) is 0 Å². The van der Waals surface area contributed by atoms with Gasteiger partial charge in [-0.05, 0) is 45.1 Å². The van der Waals surface area contributed by atoms with Gasteiger partial charge in [0.15, 0.2) is 0 Å². The van der Waals surface area contributed by atoms with Crippen LogP contribution in [0.4, 0.5) is 0 Å². The highest BCUT2D eigenvalue weighted by Gasteiger charge is 2.43. The maximum Gasteiger partial charge on any atom is 0.0334 e. The summed E-state index contributed by atoms with van der Waals surface area (Å²) in [5.41, 5.74) is 6.46. The molecule has 2 saturated carbocycles. The van der Waals surface area contributed by atoms with Gasteiger partial charge in [-0.2, -0.15) is 0 Å². The number of hydrogen-bond donors (Lipinski definition) is 1. The van der Waals surface area contributed by atoms with Crippen molar-refractivity contribution in [3.05, 3.63) is 0 Å². The molecule has 0 saturated heterocycles. The molecule has 2 unspecified atom stereocenters. The lowest BCUT2D eigenvalue weighted by atomic mass is 9.91. The Morgan fingerprint density at radius 2 is 1.94 bits per heavy atom. The predicted molar refractivity (Wildman–Crippen MR) is 69.4 cm³/mol. The Morgan fingerprint density at radius 3 is 2.44 bits per heavy atom. The summed E-state index contributed by atoms with van der Waals surface area (Å²) < 4.78 is 0. The topological polar surface area (TPSA) is 29.3 Å². The Balaban J connectivity index is 2.03. The molecule has 2 rings (SSSR count). The van der Waals surface area contributed by atoms with E-state index in [-0.39, 0.29) is 0 Å². The van der Waals surface area contributed by atoms with Gasteiger partial charge in [0.1, 0.15) is 0 Å². The third kappa shape index (κ3) is 2.14. The summed E-state index contributed by atoms with van der Waals surface area (Å²) in [6.45, 7) is 3.18. The van der Waals surface area contributed by atoms with Crippen molar-refractivity contribution in [3.63, 3.8) is 0 Å². The summed E-state index contributed by atoms with van der Waals surface area (Å²) in [4.78, 5) is 2.66. The molecule has 94 valence electrons. The molecule has 2 nitrogen and oxygen atoms in total. The molecule has 2 aliphatic rings. The lowest BCUT2D eigenvalue weighted by molar-refractivity contribution is 0.0802. The largest absolute Gasteiger partial charge is 0.329 e. The van der Waals surface area contributed by atoms with Gasteiger partial charge in [-0.1, -0.05) is 26.2 Å². The summed E-state index contributed by atoms with van der Waals surface area (Å²) >= 11 is 0. The average Bonchev–Trinajstić information content (AvgIpc) is 2.98. The summed E-state index contributed by atoms with van der Waals surface area (Å²) in [5, 5.41) is 0. The quantitative estimate of drug-likeness (QED) is 0.795. The zero-order chi connectivity index (χ0) is 11.6. The lowest BCUT2D eigenvalue weighted by Crippen LogP contribution is -2.53. The zero-order valence-electron chi connectivity index (χ0n) is 11.0. The van der Waals surface area contributed by atoms with Crippen molar-refractivity contribution in [1.29, 1.82) is 0 Å². The van der Waals surface area contributed by atoms with E-state index in [0.29, 0.717) is 5.54 Å². The van der Waals surface area contributed by atoms with Crippen molar-refractivity contribution in [2.24, 2.45) is 11.7 Å². The first kappa shape index (κ1) is 12.4. The number of hydrogen-bond acceptors (Lipinski definition) is 2. The summed E-state index contributed by atoms with van der Waals surface area (Å²) in [6.07, 6.45) is 11.0. The Bertz CT molecular complexity index is 223. The van der Waals surface area contributed by atoms with Gasteiger partial charge in [-0.15, -0.1) is 0 Å². The molecule has 0 aromatic carbocycles. The molecule has 2 heteroatoms. The minimum absolute atomic E-state index is 0.343. The van der Waals surface area contributed by atoms with Crippen LogP contribution in [0.25, 0.3) is 0 Å². The number of nitrogens with two attached hydrogens (primary N) is 1. The molecular weight excluding hydrogens is 196 g/mol. The van der Waals surface area contributed by atoms with Crippen LogP contribution in [0.15, 0.2) is 0 Å². The van der Waals surface area contributed by atoms with Crippen LogP contribution in [0.1, 0.15) is 58.3 Å². The normalized spacial score (nSPS) is 36.4. The van der Waals surface area contributed by atoms with Gasteiger partial charge in [0, 0.05) is 18.1 Å². The maximum atomic E-state index is 6.11. The number of rotatable bonds is 4. The Hall–Kier alpha value is -0.0800. The first-order chi connectivity index (χ1) is 7.72. The van der Waals surface area contributed by atoms with E-state index in [1.807, 2.05) is 0 Å². The first-order valence-corrected chi connectivity index (χ1v) is 7.15. The fourth-order valence-electron chi connectivity index (χ4n) is 3.89. The standard InChI is InChI=1S/C14H28N2/c1-3-12-8-9-14(10-12,11-15)16(2)13-6-4-5-7-13/h12-13H,3-11,15H2,1-2H3. The lowest BCUT2D eigenvalue weighted by Gasteiger charge is -2.42. The molecule has 16 heavy (non-hydrogen) atoms. The molecule has 2 N–H and O–H groups in total. The summed E-state index contributed by atoms with van der Waals surface area (Å²) in [6, 6.07) is 0.819. The van der Waals surface area contributed by atoms with E-state index in [4.69, 9.17) is 5.73 Å². The second-order valence-electron chi connectivity index (χ2n) is 5.99. The van der Waals surface area contributed by atoms with E-state index < -0.39 is 0 Å². The van der Waals surface area contributed by atoms with Crippen LogP contribution in [0, 0.1) is 5.92 Å². The fraction of sp³-hybridized carbons (Fsp3) is 1.00. The van der Waals surface area contributed by atoms with Crippen LogP contribution < -0.4 is 5.73 Å². The molecule has 0 aromatic rings.